The Morgan fingerprint density at radius 1 is 0.871 bits per heavy atom. The first kappa shape index (κ1) is 21.9. The maximum Gasteiger partial charge on any atom is 0.336 e. The molecule has 0 N–H and O–H groups in total. The summed E-state index contributed by atoms with van der Waals surface area (Å²) in [6.45, 7) is 1.64. The first-order valence-electron chi connectivity index (χ1n) is 9.21. The number of imide groups is 1. The number of fused-ring (bicyclic) bond motifs is 1. The van der Waals surface area contributed by atoms with Crippen LogP contribution in [0.2, 0.25) is 0 Å². The molecule has 0 radical (unpaired) electrons. The Bertz CT molecular complexity index is 1010. The highest BCUT2D eigenvalue weighted by molar-refractivity contribution is 6.21. The average Bonchev–Trinajstić information content (AvgIpc) is 3.24. The number of hydrogen-bond donors (Lipinski definition) is 0. The maximum atomic E-state index is 13.1. The molecule has 0 bridgehead atoms. The fourth-order valence-corrected chi connectivity index (χ4v) is 3.73. The molecule has 10 heteroatoms. The second-order valence-corrected chi connectivity index (χ2v) is 6.55. The van der Waals surface area contributed by atoms with Gasteiger partial charge in [-0.05, 0) is 19.1 Å². The van der Waals surface area contributed by atoms with E-state index in [0.717, 1.165) is 31.3 Å². The third kappa shape index (κ3) is 3.30. The Morgan fingerprint density at radius 2 is 1.39 bits per heavy atom. The predicted molar refractivity (Wildman–Crippen MR) is 104 cm³/mol. The van der Waals surface area contributed by atoms with Crippen LogP contribution in [-0.2, 0) is 28.6 Å². The first-order valence-corrected chi connectivity index (χ1v) is 9.21. The largest absolute Gasteiger partial charge is 0.468 e. The minimum absolute atomic E-state index is 0.126. The van der Waals surface area contributed by atoms with Crippen LogP contribution in [0.15, 0.2) is 47.6 Å². The zero-order chi connectivity index (χ0) is 22.9. The number of ether oxygens (including phenoxy) is 3. The van der Waals surface area contributed by atoms with Crippen LogP contribution in [0.5, 0.6) is 0 Å². The standard InChI is InChI=1S/C21H20N2O8/c1-5-8-13-14(19(26)29-2)15(20(27)30-3)16(21(28)31-4)22(13)23-17(24)11-9-6-7-10-12(11)18(23)25/h5-10,13,16H,1-4H3/b8-5+/t13-,16-/m1/s1. The SMILES string of the molecule is C/C=C/[C@@H]1C(C(=O)OC)=C(C(=O)OC)[C@H](C(=O)OC)N1N1C(=O)c2ccccc2C1=O. The summed E-state index contributed by atoms with van der Waals surface area (Å²) in [6, 6.07) is 3.37. The number of carbonyl (C=O) groups is 5. The van der Waals surface area contributed by atoms with E-state index >= 15 is 0 Å². The molecule has 2 amide bonds. The molecule has 10 nitrogen and oxygen atoms in total. The molecule has 0 saturated carbocycles. The molecular weight excluding hydrogens is 408 g/mol. The zero-order valence-corrected chi connectivity index (χ0v) is 17.3. The normalized spacial score (nSPS) is 21.0. The lowest BCUT2D eigenvalue weighted by atomic mass is 10.0. The Balaban J connectivity index is 2.27. The van der Waals surface area contributed by atoms with E-state index in [0.29, 0.717) is 0 Å². The van der Waals surface area contributed by atoms with E-state index < -0.39 is 41.8 Å². The van der Waals surface area contributed by atoms with Gasteiger partial charge in [-0.2, -0.15) is 10.0 Å². The summed E-state index contributed by atoms with van der Waals surface area (Å²) >= 11 is 0. The monoisotopic (exact) mass is 428 g/mol. The van der Waals surface area contributed by atoms with E-state index in [1.165, 1.54) is 18.2 Å². The highest BCUT2D eigenvalue weighted by atomic mass is 16.5. The molecule has 0 aliphatic carbocycles. The molecule has 2 aliphatic rings. The summed E-state index contributed by atoms with van der Waals surface area (Å²) in [6.07, 6.45) is 3.01. The maximum absolute atomic E-state index is 13.1. The van der Waals surface area contributed by atoms with E-state index in [4.69, 9.17) is 14.2 Å². The first-order chi connectivity index (χ1) is 14.8. The lowest BCUT2D eigenvalue weighted by Crippen LogP contribution is -2.56. The summed E-state index contributed by atoms with van der Waals surface area (Å²) in [4.78, 5) is 64.3. The van der Waals surface area contributed by atoms with Gasteiger partial charge in [-0.25, -0.2) is 14.4 Å². The van der Waals surface area contributed by atoms with Crippen LogP contribution in [-0.4, -0.2) is 73.2 Å². The van der Waals surface area contributed by atoms with Gasteiger partial charge in [-0.15, -0.1) is 0 Å². The van der Waals surface area contributed by atoms with Crippen LogP contribution in [0.3, 0.4) is 0 Å². The second-order valence-electron chi connectivity index (χ2n) is 6.55. The molecule has 0 spiro atoms. The Hall–Kier alpha value is -3.79. The highest BCUT2D eigenvalue weighted by Gasteiger charge is 2.56. The van der Waals surface area contributed by atoms with Gasteiger partial charge in [0.1, 0.15) is 0 Å². The van der Waals surface area contributed by atoms with E-state index in [9.17, 15) is 24.0 Å². The van der Waals surface area contributed by atoms with Gasteiger partial charge >= 0.3 is 17.9 Å². The van der Waals surface area contributed by atoms with Crippen molar-refractivity contribution in [2.45, 2.75) is 19.0 Å². The van der Waals surface area contributed by atoms with Gasteiger partial charge < -0.3 is 14.2 Å². The minimum atomic E-state index is -1.60. The average molecular weight is 428 g/mol. The van der Waals surface area contributed by atoms with Crippen molar-refractivity contribution < 1.29 is 38.2 Å². The summed E-state index contributed by atoms with van der Waals surface area (Å²) in [5.41, 5.74) is -0.358. The number of hydrogen-bond acceptors (Lipinski definition) is 9. The van der Waals surface area contributed by atoms with Gasteiger partial charge in [0.25, 0.3) is 11.8 Å². The van der Waals surface area contributed by atoms with Crippen LogP contribution in [0, 0.1) is 0 Å². The summed E-state index contributed by atoms with van der Waals surface area (Å²) < 4.78 is 14.4. The fraction of sp³-hybridized carbons (Fsp3) is 0.286. The zero-order valence-electron chi connectivity index (χ0n) is 17.3. The van der Waals surface area contributed by atoms with Crippen molar-refractivity contribution in [1.82, 2.24) is 10.0 Å². The van der Waals surface area contributed by atoms with Crippen LogP contribution < -0.4 is 0 Å². The van der Waals surface area contributed by atoms with Gasteiger partial charge in [0.15, 0.2) is 6.04 Å². The number of rotatable bonds is 5. The molecule has 162 valence electrons. The lowest BCUT2D eigenvalue weighted by Gasteiger charge is -2.34. The van der Waals surface area contributed by atoms with Crippen molar-refractivity contribution in [3.8, 4) is 0 Å². The van der Waals surface area contributed by atoms with E-state index in [1.807, 2.05) is 0 Å². The van der Waals surface area contributed by atoms with Crippen molar-refractivity contribution in [3.05, 3.63) is 58.7 Å². The molecule has 0 fully saturated rings. The van der Waals surface area contributed by atoms with Gasteiger partial charge in [-0.1, -0.05) is 24.3 Å². The molecule has 0 aromatic heterocycles. The summed E-state index contributed by atoms with van der Waals surface area (Å²) in [7, 11) is 3.27. The van der Waals surface area contributed by atoms with Gasteiger partial charge in [0.2, 0.25) is 0 Å². The number of allylic oxidation sites excluding steroid dienone is 1. The fourth-order valence-electron chi connectivity index (χ4n) is 3.73. The minimum Gasteiger partial charge on any atom is -0.468 e. The number of amides is 2. The summed E-state index contributed by atoms with van der Waals surface area (Å²) in [5.74, 6) is -4.30. The molecular formula is C21H20N2O8. The Kier molecular flexibility index (Phi) is 6.02. The third-order valence-corrected chi connectivity index (χ3v) is 5.02. The molecule has 2 atom stereocenters. The van der Waals surface area contributed by atoms with Crippen molar-refractivity contribution in [2.24, 2.45) is 0 Å². The van der Waals surface area contributed by atoms with Crippen molar-refractivity contribution in [1.29, 1.82) is 0 Å². The molecule has 0 unspecified atom stereocenters. The molecule has 3 rings (SSSR count). The Morgan fingerprint density at radius 3 is 1.84 bits per heavy atom. The molecule has 2 heterocycles. The van der Waals surface area contributed by atoms with Crippen LogP contribution >= 0.6 is 0 Å². The predicted octanol–water partition coefficient (Wildman–Crippen LogP) is 0.642. The lowest BCUT2D eigenvalue weighted by molar-refractivity contribution is -0.152. The van der Waals surface area contributed by atoms with E-state index in [2.05, 4.69) is 0 Å². The molecule has 2 aliphatic heterocycles. The number of hydrazine groups is 1. The molecule has 1 aromatic rings. The van der Waals surface area contributed by atoms with Gasteiger partial charge in [0, 0.05) is 0 Å². The number of benzene rings is 1. The van der Waals surface area contributed by atoms with E-state index in [-0.39, 0.29) is 22.3 Å². The molecule has 1 aromatic carbocycles. The van der Waals surface area contributed by atoms with Gasteiger partial charge in [-0.3, -0.25) is 9.59 Å². The smallest absolute Gasteiger partial charge is 0.336 e. The quantitative estimate of drug-likeness (QED) is 0.288. The number of carbonyl (C=O) groups excluding carboxylic acids is 5. The van der Waals surface area contributed by atoms with E-state index in [1.54, 1.807) is 25.1 Å². The molecule has 31 heavy (non-hydrogen) atoms. The van der Waals surface area contributed by atoms with Gasteiger partial charge in [0.05, 0.1) is 49.6 Å². The van der Waals surface area contributed by atoms with Crippen molar-refractivity contribution in [3.63, 3.8) is 0 Å². The van der Waals surface area contributed by atoms with Crippen LogP contribution in [0.1, 0.15) is 27.6 Å². The topological polar surface area (TPSA) is 120 Å². The number of esters is 3. The van der Waals surface area contributed by atoms with Crippen LogP contribution in [0.4, 0.5) is 0 Å². The third-order valence-electron chi connectivity index (χ3n) is 5.02. The second kappa shape index (κ2) is 8.52. The highest BCUT2D eigenvalue weighted by Crippen LogP contribution is 2.38. The number of methoxy groups -OCH3 is 3. The van der Waals surface area contributed by atoms with Crippen molar-refractivity contribution in [2.75, 3.05) is 21.3 Å². The molecule has 0 saturated heterocycles. The number of nitrogens with zero attached hydrogens (tertiary/aromatic N) is 2. The summed E-state index contributed by atoms with van der Waals surface area (Å²) in [5, 5.41) is 1.80. The Labute approximate surface area is 177 Å². The van der Waals surface area contributed by atoms with Crippen LogP contribution in [0.25, 0.3) is 0 Å². The van der Waals surface area contributed by atoms with Crippen molar-refractivity contribution >= 4 is 29.7 Å².